The maximum absolute atomic E-state index is 6.01. The van der Waals surface area contributed by atoms with E-state index in [9.17, 15) is 0 Å². The van der Waals surface area contributed by atoms with Crippen LogP contribution in [-0.4, -0.2) is 6.54 Å². The van der Waals surface area contributed by atoms with E-state index >= 15 is 0 Å². The molecule has 0 amide bonds. The highest BCUT2D eigenvalue weighted by Crippen LogP contribution is 2.27. The van der Waals surface area contributed by atoms with Crippen LogP contribution in [0.2, 0.25) is 0 Å². The van der Waals surface area contributed by atoms with Crippen molar-refractivity contribution in [2.45, 2.75) is 32.7 Å². The normalized spacial score (nSPS) is 12.9. The molecule has 0 saturated heterocycles. The Morgan fingerprint density at radius 3 is 2.86 bits per heavy atom. The van der Waals surface area contributed by atoms with E-state index in [4.69, 9.17) is 8.83 Å². The number of benzene rings is 1. The van der Waals surface area contributed by atoms with Crippen molar-refractivity contribution in [2.75, 3.05) is 6.54 Å². The molecule has 3 rings (SSSR count). The van der Waals surface area contributed by atoms with Crippen LogP contribution in [0.1, 0.15) is 36.5 Å². The largest absolute Gasteiger partial charge is 0.469 e. The average molecular weight is 283 g/mol. The molecule has 21 heavy (non-hydrogen) atoms. The van der Waals surface area contributed by atoms with Crippen molar-refractivity contribution in [1.82, 2.24) is 5.32 Å². The van der Waals surface area contributed by atoms with Crippen LogP contribution in [0.5, 0.6) is 0 Å². The lowest BCUT2D eigenvalue weighted by Crippen LogP contribution is -2.20. The first-order valence-electron chi connectivity index (χ1n) is 7.52. The summed E-state index contributed by atoms with van der Waals surface area (Å²) in [5, 5.41) is 4.67. The van der Waals surface area contributed by atoms with Gasteiger partial charge >= 0.3 is 0 Å². The summed E-state index contributed by atoms with van der Waals surface area (Å²) < 4.78 is 11.4. The summed E-state index contributed by atoms with van der Waals surface area (Å²) in [5.74, 6) is 2.02. The Morgan fingerprint density at radius 2 is 2.10 bits per heavy atom. The maximum Gasteiger partial charge on any atom is 0.134 e. The van der Waals surface area contributed by atoms with Gasteiger partial charge in [0.1, 0.15) is 17.1 Å². The van der Waals surface area contributed by atoms with Crippen molar-refractivity contribution in [1.29, 1.82) is 0 Å². The number of furan rings is 2. The van der Waals surface area contributed by atoms with Gasteiger partial charge < -0.3 is 14.2 Å². The van der Waals surface area contributed by atoms with E-state index in [2.05, 4.69) is 37.4 Å². The smallest absolute Gasteiger partial charge is 0.134 e. The minimum atomic E-state index is 0.216. The highest BCUT2D eigenvalue weighted by molar-refractivity contribution is 5.78. The number of aryl methyl sites for hydroxylation is 2. The molecular formula is C18H21NO2. The molecule has 3 nitrogen and oxygen atoms in total. The summed E-state index contributed by atoms with van der Waals surface area (Å²) in [5.41, 5.74) is 2.21. The quantitative estimate of drug-likeness (QED) is 0.717. The van der Waals surface area contributed by atoms with Gasteiger partial charge in [0.25, 0.3) is 0 Å². The van der Waals surface area contributed by atoms with Crippen LogP contribution in [0.3, 0.4) is 0 Å². The van der Waals surface area contributed by atoms with Gasteiger partial charge in [-0.2, -0.15) is 0 Å². The summed E-state index contributed by atoms with van der Waals surface area (Å²) in [6.07, 6.45) is 3.59. The van der Waals surface area contributed by atoms with E-state index in [1.54, 1.807) is 6.26 Å². The fraction of sp³-hybridized carbons (Fsp3) is 0.333. The van der Waals surface area contributed by atoms with Crippen molar-refractivity contribution in [3.63, 3.8) is 0 Å². The summed E-state index contributed by atoms with van der Waals surface area (Å²) in [6, 6.07) is 12.6. The summed E-state index contributed by atoms with van der Waals surface area (Å²) in [7, 11) is 0. The monoisotopic (exact) mass is 283 g/mol. The molecule has 2 heterocycles. The van der Waals surface area contributed by atoms with Crippen LogP contribution < -0.4 is 5.32 Å². The number of hydrogen-bond donors (Lipinski definition) is 1. The zero-order valence-electron chi connectivity index (χ0n) is 12.6. The van der Waals surface area contributed by atoms with Crippen molar-refractivity contribution >= 4 is 11.0 Å². The number of hydrogen-bond acceptors (Lipinski definition) is 3. The van der Waals surface area contributed by atoms with Gasteiger partial charge in [0, 0.05) is 11.8 Å². The molecule has 3 aromatic rings. The Hall–Kier alpha value is -2.00. The Balaban J connectivity index is 1.80. The van der Waals surface area contributed by atoms with Crippen LogP contribution in [0, 0.1) is 6.92 Å². The Labute approximate surface area is 124 Å². The Kier molecular flexibility index (Phi) is 4.11. The highest BCUT2D eigenvalue weighted by Gasteiger charge is 2.16. The molecule has 1 N–H and O–H groups in total. The van der Waals surface area contributed by atoms with Crippen molar-refractivity contribution in [3.05, 3.63) is 59.7 Å². The van der Waals surface area contributed by atoms with Gasteiger partial charge in [-0.1, -0.05) is 18.6 Å². The lowest BCUT2D eigenvalue weighted by atomic mass is 10.1. The van der Waals surface area contributed by atoms with Crippen molar-refractivity contribution < 1.29 is 8.83 Å². The minimum absolute atomic E-state index is 0.216. The predicted octanol–water partition coefficient (Wildman–Crippen LogP) is 4.62. The number of nitrogens with one attached hydrogen (secondary N) is 1. The van der Waals surface area contributed by atoms with Crippen molar-refractivity contribution in [2.24, 2.45) is 0 Å². The van der Waals surface area contributed by atoms with E-state index < -0.39 is 0 Å². The third-order valence-electron chi connectivity index (χ3n) is 3.74. The second-order valence-electron chi connectivity index (χ2n) is 5.42. The molecule has 110 valence electrons. The second kappa shape index (κ2) is 6.19. The predicted molar refractivity (Wildman–Crippen MR) is 84.4 cm³/mol. The lowest BCUT2D eigenvalue weighted by molar-refractivity contribution is 0.402. The zero-order chi connectivity index (χ0) is 14.7. The summed E-state index contributed by atoms with van der Waals surface area (Å²) in [4.78, 5) is 0. The van der Waals surface area contributed by atoms with Crippen LogP contribution >= 0.6 is 0 Å². The molecular weight excluding hydrogens is 262 g/mol. The molecule has 0 bridgehead atoms. The standard InChI is InChI=1S/C18H21NO2/c1-3-19-16(8-7-15-5-4-10-20-15)18-12-14-11-13(2)6-9-17(14)21-18/h4-6,9-12,16,19H,3,7-8H2,1-2H3. The van der Waals surface area contributed by atoms with E-state index in [0.717, 1.165) is 36.5 Å². The molecule has 0 fully saturated rings. The first kappa shape index (κ1) is 14.0. The number of rotatable bonds is 6. The third-order valence-corrected chi connectivity index (χ3v) is 3.74. The fourth-order valence-electron chi connectivity index (χ4n) is 2.69. The molecule has 3 heteroatoms. The molecule has 0 spiro atoms. The Bertz CT molecular complexity index is 697. The second-order valence-corrected chi connectivity index (χ2v) is 5.42. The number of fused-ring (bicyclic) bond motifs is 1. The molecule has 1 aromatic carbocycles. The van der Waals surface area contributed by atoms with Crippen molar-refractivity contribution in [3.8, 4) is 0 Å². The van der Waals surface area contributed by atoms with Gasteiger partial charge in [0.05, 0.1) is 12.3 Å². The molecule has 0 aliphatic heterocycles. The van der Waals surface area contributed by atoms with Gasteiger partial charge in [0.15, 0.2) is 0 Å². The third kappa shape index (κ3) is 3.19. The van der Waals surface area contributed by atoms with Crippen LogP contribution in [0.4, 0.5) is 0 Å². The van der Waals surface area contributed by atoms with E-state index in [-0.39, 0.29) is 6.04 Å². The van der Waals surface area contributed by atoms with Gasteiger partial charge in [-0.25, -0.2) is 0 Å². The topological polar surface area (TPSA) is 38.3 Å². The van der Waals surface area contributed by atoms with E-state index in [1.165, 1.54) is 10.9 Å². The SMILES string of the molecule is CCNC(CCc1ccco1)c1cc2cc(C)ccc2o1. The molecule has 2 aromatic heterocycles. The van der Waals surface area contributed by atoms with Gasteiger partial charge in [-0.05, 0) is 50.2 Å². The molecule has 0 saturated carbocycles. The van der Waals surface area contributed by atoms with Gasteiger partial charge in [-0.15, -0.1) is 0 Å². The van der Waals surface area contributed by atoms with Crippen LogP contribution in [0.15, 0.2) is 51.5 Å². The minimum Gasteiger partial charge on any atom is -0.469 e. The molecule has 0 radical (unpaired) electrons. The van der Waals surface area contributed by atoms with Crippen LogP contribution in [-0.2, 0) is 6.42 Å². The molecule has 1 atom stereocenters. The summed E-state index contributed by atoms with van der Waals surface area (Å²) >= 11 is 0. The molecule has 0 aliphatic carbocycles. The van der Waals surface area contributed by atoms with Gasteiger partial charge in [-0.3, -0.25) is 0 Å². The van der Waals surface area contributed by atoms with E-state index in [0.29, 0.717) is 0 Å². The fourth-order valence-corrected chi connectivity index (χ4v) is 2.69. The average Bonchev–Trinajstić information content (AvgIpc) is 3.11. The first-order valence-corrected chi connectivity index (χ1v) is 7.52. The highest BCUT2D eigenvalue weighted by atomic mass is 16.3. The van der Waals surface area contributed by atoms with Crippen LogP contribution in [0.25, 0.3) is 11.0 Å². The Morgan fingerprint density at radius 1 is 1.19 bits per heavy atom. The first-order chi connectivity index (χ1) is 10.3. The molecule has 0 aliphatic rings. The zero-order valence-corrected chi connectivity index (χ0v) is 12.6. The maximum atomic E-state index is 6.01. The van der Waals surface area contributed by atoms with Gasteiger partial charge in [0.2, 0.25) is 0 Å². The molecule has 1 unspecified atom stereocenters. The summed E-state index contributed by atoms with van der Waals surface area (Å²) in [6.45, 7) is 5.14. The van der Waals surface area contributed by atoms with E-state index in [1.807, 2.05) is 18.2 Å². The lowest BCUT2D eigenvalue weighted by Gasteiger charge is -2.14.